The number of carbonyl (C=O) groups is 2. The van der Waals surface area contributed by atoms with Gasteiger partial charge in [-0.3, -0.25) is 9.59 Å². The minimum absolute atomic E-state index is 0.161. The standard InChI is InChI=1S/C29H39ClN2O5S/c1-6-8-19-26(35)16(2)9-7-12-29(30)24(37-29)14-20(18-10-11-22-21(13-18)31-17(3)38-22)32-25(34)15-23(33)28(4,5)27(19)36/h6,10-11,13,16,19-20,23-24,26,33,35H,1,7-9,12,14-15H2,2-5H3,(H,32,34)/t16-,19+,20-,23-,24-,26-,29+/m0/s1. The molecule has 208 valence electrons. The molecule has 1 aromatic carbocycles. The van der Waals surface area contributed by atoms with Crippen LogP contribution < -0.4 is 5.32 Å². The average molecular weight is 563 g/mol. The summed E-state index contributed by atoms with van der Waals surface area (Å²) in [5.74, 6) is -1.53. The number of aryl methyl sites for hydroxylation is 1. The monoisotopic (exact) mass is 562 g/mol. The molecule has 2 aliphatic rings. The van der Waals surface area contributed by atoms with Crippen molar-refractivity contribution in [1.82, 2.24) is 10.3 Å². The highest BCUT2D eigenvalue weighted by Crippen LogP contribution is 2.49. The Kier molecular flexibility index (Phi) is 8.70. The molecule has 3 heterocycles. The first kappa shape index (κ1) is 29.2. The fourth-order valence-corrected chi connectivity index (χ4v) is 6.69. The number of thiazole rings is 1. The number of rotatable bonds is 3. The quantitative estimate of drug-likeness (QED) is 0.269. The molecule has 7 atom stereocenters. The SMILES string of the molecule is C=CC[C@H]1C(=O)C(C)(C)[C@@H](O)CC(=O)N[C@H](c2ccc3sc(C)nc3c2)C[C@@H]2O[C@]2(Cl)CCC[C@H](C)[C@@H]1O. The summed E-state index contributed by atoms with van der Waals surface area (Å²) in [7, 11) is 0. The van der Waals surface area contributed by atoms with E-state index in [9.17, 15) is 19.8 Å². The van der Waals surface area contributed by atoms with Crippen molar-refractivity contribution in [3.05, 3.63) is 41.4 Å². The number of aromatic nitrogens is 1. The van der Waals surface area contributed by atoms with E-state index in [0.717, 1.165) is 27.2 Å². The molecule has 1 aromatic heterocycles. The Morgan fingerprint density at radius 2 is 2.05 bits per heavy atom. The van der Waals surface area contributed by atoms with Gasteiger partial charge in [0.15, 0.2) is 5.06 Å². The summed E-state index contributed by atoms with van der Waals surface area (Å²) in [5, 5.41) is 25.4. The lowest BCUT2D eigenvalue weighted by molar-refractivity contribution is -0.144. The van der Waals surface area contributed by atoms with E-state index in [1.165, 1.54) is 0 Å². The van der Waals surface area contributed by atoms with Gasteiger partial charge in [0.1, 0.15) is 11.9 Å². The number of amides is 1. The maximum absolute atomic E-state index is 13.6. The number of hydrogen-bond donors (Lipinski definition) is 3. The number of nitrogens with zero attached hydrogens (tertiary/aromatic N) is 1. The molecule has 0 radical (unpaired) electrons. The normalized spacial score (nSPS) is 34.9. The van der Waals surface area contributed by atoms with Crippen molar-refractivity contribution < 1.29 is 24.5 Å². The van der Waals surface area contributed by atoms with E-state index < -0.39 is 34.6 Å². The van der Waals surface area contributed by atoms with E-state index in [1.54, 1.807) is 31.3 Å². The summed E-state index contributed by atoms with van der Waals surface area (Å²) < 4.78 is 6.99. The van der Waals surface area contributed by atoms with Crippen LogP contribution in [0.25, 0.3) is 10.2 Å². The molecule has 0 unspecified atom stereocenters. The van der Waals surface area contributed by atoms with E-state index in [1.807, 2.05) is 32.0 Å². The number of fused-ring (bicyclic) bond motifs is 2. The van der Waals surface area contributed by atoms with Gasteiger partial charge in [0.2, 0.25) is 5.91 Å². The number of hydrogen-bond acceptors (Lipinski definition) is 7. The maximum Gasteiger partial charge on any atom is 0.223 e. The zero-order valence-electron chi connectivity index (χ0n) is 22.6. The van der Waals surface area contributed by atoms with Crippen molar-refractivity contribution in [1.29, 1.82) is 0 Å². The van der Waals surface area contributed by atoms with Gasteiger partial charge in [0.25, 0.3) is 0 Å². The van der Waals surface area contributed by atoms with Gasteiger partial charge in [0, 0.05) is 12.3 Å². The Labute approximate surface area is 233 Å². The number of ketones is 1. The number of epoxide rings is 1. The van der Waals surface area contributed by atoms with Crippen LogP contribution in [-0.4, -0.2) is 50.3 Å². The Morgan fingerprint density at radius 3 is 2.76 bits per heavy atom. The van der Waals surface area contributed by atoms with Crippen molar-refractivity contribution in [2.24, 2.45) is 17.3 Å². The third-order valence-electron chi connectivity index (χ3n) is 8.24. The second-order valence-electron chi connectivity index (χ2n) is 11.5. The average Bonchev–Trinajstić information content (AvgIpc) is 3.32. The lowest BCUT2D eigenvalue weighted by Gasteiger charge is -2.36. The number of nitrogens with one attached hydrogen (secondary N) is 1. The maximum atomic E-state index is 13.6. The number of aliphatic hydroxyl groups excluding tert-OH is 2. The summed E-state index contributed by atoms with van der Waals surface area (Å²) in [5.41, 5.74) is 0.521. The van der Waals surface area contributed by atoms with E-state index in [-0.39, 0.29) is 36.6 Å². The second kappa shape index (κ2) is 11.3. The van der Waals surface area contributed by atoms with Crippen LogP contribution in [0.1, 0.15) is 75.9 Å². The predicted octanol–water partition coefficient (Wildman–Crippen LogP) is 5.21. The molecule has 1 amide bonds. The molecule has 38 heavy (non-hydrogen) atoms. The topological polar surface area (TPSA) is 112 Å². The van der Waals surface area contributed by atoms with Crippen LogP contribution in [0.3, 0.4) is 0 Å². The van der Waals surface area contributed by atoms with Crippen LogP contribution >= 0.6 is 22.9 Å². The van der Waals surface area contributed by atoms with Gasteiger partial charge >= 0.3 is 0 Å². The first-order valence-electron chi connectivity index (χ1n) is 13.4. The summed E-state index contributed by atoms with van der Waals surface area (Å²) in [6.07, 6.45) is 1.76. The number of halogens is 1. The number of ether oxygens (including phenoxy) is 1. The van der Waals surface area contributed by atoms with Gasteiger partial charge in [-0.1, -0.05) is 44.5 Å². The number of alkyl halides is 1. The number of benzene rings is 1. The third-order valence-corrected chi connectivity index (χ3v) is 9.72. The van der Waals surface area contributed by atoms with E-state index in [2.05, 4.69) is 16.9 Å². The fraction of sp³-hybridized carbons (Fsp3) is 0.621. The highest BCUT2D eigenvalue weighted by atomic mass is 35.5. The second-order valence-corrected chi connectivity index (χ2v) is 13.4. The highest BCUT2D eigenvalue weighted by molar-refractivity contribution is 7.18. The Balaban J connectivity index is 1.63. The molecular weight excluding hydrogens is 524 g/mol. The first-order valence-corrected chi connectivity index (χ1v) is 14.6. The van der Waals surface area contributed by atoms with Crippen molar-refractivity contribution in [2.75, 3.05) is 0 Å². The summed E-state index contributed by atoms with van der Waals surface area (Å²) in [6.45, 7) is 10.9. The molecular formula is C29H39ClN2O5S. The Bertz CT molecular complexity index is 1200. The van der Waals surface area contributed by atoms with Crippen molar-refractivity contribution in [2.45, 2.75) is 95.6 Å². The fourth-order valence-electron chi connectivity index (χ4n) is 5.55. The Hall–Kier alpha value is -1.84. The van der Waals surface area contributed by atoms with Crippen LogP contribution in [0.15, 0.2) is 30.9 Å². The van der Waals surface area contributed by atoms with Crippen LogP contribution in [0.4, 0.5) is 0 Å². The zero-order chi connectivity index (χ0) is 27.8. The number of carbonyl (C=O) groups excluding carboxylic acids is 2. The van der Waals surface area contributed by atoms with Gasteiger partial charge in [0.05, 0.1) is 45.3 Å². The molecule has 2 aliphatic heterocycles. The third kappa shape index (κ3) is 6.15. The molecule has 3 N–H and O–H groups in total. The largest absolute Gasteiger partial charge is 0.392 e. The number of Topliss-reactive ketones (excluding diaryl/α,β-unsaturated/α-hetero) is 1. The summed E-state index contributed by atoms with van der Waals surface area (Å²) in [6, 6.07) is 5.57. The van der Waals surface area contributed by atoms with E-state index in [4.69, 9.17) is 16.3 Å². The van der Waals surface area contributed by atoms with Crippen molar-refractivity contribution in [3.63, 3.8) is 0 Å². The molecule has 2 aromatic rings. The van der Waals surface area contributed by atoms with Gasteiger partial charge in [-0.15, -0.1) is 17.9 Å². The van der Waals surface area contributed by atoms with Gasteiger partial charge in [-0.2, -0.15) is 0 Å². The number of aliphatic hydroxyl groups is 2. The minimum atomic E-state index is -1.24. The number of allylic oxidation sites excluding steroid dienone is 1. The molecule has 2 fully saturated rings. The summed E-state index contributed by atoms with van der Waals surface area (Å²) in [4.78, 5) is 31.4. The molecule has 7 nitrogen and oxygen atoms in total. The predicted molar refractivity (Wildman–Crippen MR) is 150 cm³/mol. The van der Waals surface area contributed by atoms with E-state index >= 15 is 0 Å². The molecule has 0 aliphatic carbocycles. The summed E-state index contributed by atoms with van der Waals surface area (Å²) >= 11 is 8.41. The first-order chi connectivity index (χ1) is 17.9. The van der Waals surface area contributed by atoms with Crippen molar-refractivity contribution in [3.8, 4) is 0 Å². The van der Waals surface area contributed by atoms with Gasteiger partial charge in [-0.05, 0) is 56.2 Å². The van der Waals surface area contributed by atoms with Crippen LogP contribution in [0, 0.1) is 24.2 Å². The lowest BCUT2D eigenvalue weighted by atomic mass is 9.71. The van der Waals surface area contributed by atoms with Gasteiger partial charge < -0.3 is 20.3 Å². The molecule has 9 heteroatoms. The Morgan fingerprint density at radius 1 is 1.32 bits per heavy atom. The van der Waals surface area contributed by atoms with Crippen LogP contribution in [0.2, 0.25) is 0 Å². The smallest absolute Gasteiger partial charge is 0.223 e. The van der Waals surface area contributed by atoms with Crippen LogP contribution in [-0.2, 0) is 14.3 Å². The zero-order valence-corrected chi connectivity index (χ0v) is 24.1. The lowest BCUT2D eigenvalue weighted by Crippen LogP contribution is -2.47. The van der Waals surface area contributed by atoms with E-state index in [0.29, 0.717) is 19.3 Å². The molecule has 2 saturated heterocycles. The molecule has 0 bridgehead atoms. The molecule has 4 rings (SSSR count). The van der Waals surface area contributed by atoms with Crippen molar-refractivity contribution >= 4 is 44.8 Å². The minimum Gasteiger partial charge on any atom is -0.392 e. The highest BCUT2D eigenvalue weighted by Gasteiger charge is 2.55. The van der Waals surface area contributed by atoms with Crippen LogP contribution in [0.5, 0.6) is 0 Å². The van der Waals surface area contributed by atoms with Gasteiger partial charge in [-0.25, -0.2) is 4.98 Å². The molecule has 0 spiro atoms. The molecule has 0 saturated carbocycles.